The predicted molar refractivity (Wildman–Crippen MR) is 82.7 cm³/mol. The first kappa shape index (κ1) is 14.8. The lowest BCUT2D eigenvalue weighted by Crippen LogP contribution is -2.62. The minimum absolute atomic E-state index is 0.0321. The number of ether oxygens (including phenoxy) is 1. The lowest BCUT2D eigenvalue weighted by Gasteiger charge is -2.53. The monoisotopic (exact) mass is 280 g/mol. The van der Waals surface area contributed by atoms with Gasteiger partial charge in [-0.15, -0.1) is 0 Å². The SMILES string of the molecule is CCC1(C)CC(CN)(N2CCC3CCCCC32)CCO1. The Bertz CT molecular complexity index is 348. The molecule has 1 aliphatic carbocycles. The van der Waals surface area contributed by atoms with Crippen LogP contribution in [0.3, 0.4) is 0 Å². The van der Waals surface area contributed by atoms with Gasteiger partial charge < -0.3 is 10.5 Å². The highest BCUT2D eigenvalue weighted by Gasteiger charge is 2.50. The molecule has 0 aromatic carbocycles. The van der Waals surface area contributed by atoms with Crippen molar-refractivity contribution in [3.8, 4) is 0 Å². The van der Waals surface area contributed by atoms with Gasteiger partial charge in [0.25, 0.3) is 0 Å². The highest BCUT2D eigenvalue weighted by atomic mass is 16.5. The van der Waals surface area contributed by atoms with Gasteiger partial charge in [0.05, 0.1) is 5.60 Å². The molecule has 3 fully saturated rings. The number of nitrogens with two attached hydrogens (primary N) is 1. The molecule has 0 aromatic heterocycles. The second kappa shape index (κ2) is 5.58. The number of fused-ring (bicyclic) bond motifs is 1. The van der Waals surface area contributed by atoms with E-state index in [0.29, 0.717) is 0 Å². The molecule has 0 aromatic rings. The predicted octanol–water partition coefficient (Wildman–Crippen LogP) is 2.93. The van der Waals surface area contributed by atoms with Crippen LogP contribution in [0.15, 0.2) is 0 Å². The molecule has 2 aliphatic heterocycles. The minimum Gasteiger partial charge on any atom is -0.375 e. The number of rotatable bonds is 3. The molecule has 0 radical (unpaired) electrons. The van der Waals surface area contributed by atoms with Crippen molar-refractivity contribution in [1.82, 2.24) is 4.90 Å². The van der Waals surface area contributed by atoms with Crippen LogP contribution in [0.4, 0.5) is 0 Å². The fraction of sp³-hybridized carbons (Fsp3) is 1.00. The largest absolute Gasteiger partial charge is 0.375 e. The van der Waals surface area contributed by atoms with Crippen molar-refractivity contribution < 1.29 is 4.74 Å². The Morgan fingerprint density at radius 3 is 2.80 bits per heavy atom. The summed E-state index contributed by atoms with van der Waals surface area (Å²) in [5, 5.41) is 0. The molecule has 2 heterocycles. The molecule has 0 bridgehead atoms. The molecule has 116 valence electrons. The van der Waals surface area contributed by atoms with Crippen molar-refractivity contribution >= 4 is 0 Å². The first-order chi connectivity index (χ1) is 9.62. The van der Waals surface area contributed by atoms with E-state index in [9.17, 15) is 0 Å². The molecule has 4 unspecified atom stereocenters. The number of nitrogens with zero attached hydrogens (tertiary/aromatic N) is 1. The van der Waals surface area contributed by atoms with Gasteiger partial charge in [0, 0.05) is 24.7 Å². The van der Waals surface area contributed by atoms with Crippen LogP contribution in [-0.2, 0) is 4.74 Å². The van der Waals surface area contributed by atoms with Gasteiger partial charge >= 0.3 is 0 Å². The topological polar surface area (TPSA) is 38.5 Å². The molecule has 4 atom stereocenters. The van der Waals surface area contributed by atoms with Gasteiger partial charge in [0.1, 0.15) is 0 Å². The third kappa shape index (κ3) is 2.42. The summed E-state index contributed by atoms with van der Waals surface area (Å²) in [6, 6.07) is 0.812. The lowest BCUT2D eigenvalue weighted by molar-refractivity contribution is -0.134. The maximum Gasteiger partial charge on any atom is 0.0670 e. The van der Waals surface area contributed by atoms with E-state index in [0.717, 1.165) is 44.4 Å². The fourth-order valence-electron chi connectivity index (χ4n) is 5.08. The van der Waals surface area contributed by atoms with Crippen molar-refractivity contribution in [1.29, 1.82) is 0 Å². The van der Waals surface area contributed by atoms with Gasteiger partial charge in [-0.05, 0) is 57.9 Å². The Morgan fingerprint density at radius 2 is 2.05 bits per heavy atom. The molecule has 1 saturated carbocycles. The van der Waals surface area contributed by atoms with E-state index in [1.54, 1.807) is 0 Å². The highest BCUT2D eigenvalue weighted by Crippen LogP contribution is 2.45. The van der Waals surface area contributed by atoms with Gasteiger partial charge in [-0.1, -0.05) is 19.8 Å². The molecule has 20 heavy (non-hydrogen) atoms. The quantitative estimate of drug-likeness (QED) is 0.864. The van der Waals surface area contributed by atoms with Crippen molar-refractivity contribution in [2.75, 3.05) is 19.7 Å². The van der Waals surface area contributed by atoms with Crippen LogP contribution in [0.5, 0.6) is 0 Å². The Hall–Kier alpha value is -0.120. The minimum atomic E-state index is 0.0321. The van der Waals surface area contributed by atoms with Gasteiger partial charge in [-0.25, -0.2) is 0 Å². The first-order valence-electron chi connectivity index (χ1n) is 8.73. The van der Waals surface area contributed by atoms with E-state index in [1.165, 1.54) is 38.6 Å². The Kier molecular flexibility index (Phi) is 4.13. The average molecular weight is 280 g/mol. The van der Waals surface area contributed by atoms with E-state index in [4.69, 9.17) is 10.5 Å². The van der Waals surface area contributed by atoms with Crippen LogP contribution in [-0.4, -0.2) is 41.8 Å². The molecule has 3 aliphatic rings. The van der Waals surface area contributed by atoms with Crippen molar-refractivity contribution in [3.05, 3.63) is 0 Å². The van der Waals surface area contributed by atoms with E-state index in [1.807, 2.05) is 0 Å². The Balaban J connectivity index is 1.81. The molecule has 3 heteroatoms. The molecular formula is C17H32N2O. The van der Waals surface area contributed by atoms with Crippen LogP contribution < -0.4 is 5.73 Å². The smallest absolute Gasteiger partial charge is 0.0670 e. The summed E-state index contributed by atoms with van der Waals surface area (Å²) in [6.45, 7) is 7.49. The van der Waals surface area contributed by atoms with Gasteiger partial charge in [-0.3, -0.25) is 4.90 Å². The zero-order valence-corrected chi connectivity index (χ0v) is 13.4. The second-order valence-corrected chi connectivity index (χ2v) is 7.60. The molecule has 2 N–H and O–H groups in total. The lowest BCUT2D eigenvalue weighted by atomic mass is 9.76. The highest BCUT2D eigenvalue weighted by molar-refractivity contribution is 5.06. The Labute approximate surface area is 124 Å². The van der Waals surface area contributed by atoms with Crippen LogP contribution in [0.1, 0.15) is 65.2 Å². The molecule has 3 rings (SSSR count). The normalized spacial score (nSPS) is 46.4. The van der Waals surface area contributed by atoms with Crippen LogP contribution in [0.25, 0.3) is 0 Å². The van der Waals surface area contributed by atoms with Gasteiger partial charge in [0.15, 0.2) is 0 Å². The third-order valence-corrected chi connectivity index (χ3v) is 6.47. The summed E-state index contributed by atoms with van der Waals surface area (Å²) in [7, 11) is 0. The van der Waals surface area contributed by atoms with Crippen molar-refractivity contribution in [2.45, 2.75) is 82.4 Å². The summed E-state index contributed by atoms with van der Waals surface area (Å²) in [4.78, 5) is 2.83. The van der Waals surface area contributed by atoms with E-state index in [2.05, 4.69) is 18.7 Å². The van der Waals surface area contributed by atoms with Crippen molar-refractivity contribution in [2.24, 2.45) is 11.7 Å². The molecule has 0 spiro atoms. The summed E-state index contributed by atoms with van der Waals surface area (Å²) in [6.07, 6.45) is 10.4. The van der Waals surface area contributed by atoms with Gasteiger partial charge in [0.2, 0.25) is 0 Å². The van der Waals surface area contributed by atoms with Crippen LogP contribution in [0.2, 0.25) is 0 Å². The fourth-order valence-corrected chi connectivity index (χ4v) is 5.08. The van der Waals surface area contributed by atoms with Crippen molar-refractivity contribution in [3.63, 3.8) is 0 Å². The maximum atomic E-state index is 6.32. The number of hydrogen-bond acceptors (Lipinski definition) is 3. The zero-order valence-electron chi connectivity index (χ0n) is 13.4. The molecule has 0 amide bonds. The van der Waals surface area contributed by atoms with E-state index >= 15 is 0 Å². The second-order valence-electron chi connectivity index (χ2n) is 7.60. The molecular weight excluding hydrogens is 248 g/mol. The zero-order chi connectivity index (χ0) is 14.2. The number of likely N-dealkylation sites (tertiary alicyclic amines) is 1. The Morgan fingerprint density at radius 1 is 1.25 bits per heavy atom. The van der Waals surface area contributed by atoms with E-state index in [-0.39, 0.29) is 11.1 Å². The summed E-state index contributed by atoms with van der Waals surface area (Å²) >= 11 is 0. The third-order valence-electron chi connectivity index (χ3n) is 6.47. The van der Waals surface area contributed by atoms with Crippen LogP contribution >= 0.6 is 0 Å². The molecule has 3 nitrogen and oxygen atoms in total. The number of hydrogen-bond donors (Lipinski definition) is 1. The maximum absolute atomic E-state index is 6.32. The summed E-state index contributed by atoms with van der Waals surface area (Å²) in [5.74, 6) is 0.947. The standard InChI is InChI=1S/C17H32N2O/c1-3-16(2)12-17(13-18,9-11-20-16)19-10-8-14-6-4-5-7-15(14)19/h14-15H,3-13,18H2,1-2H3. The molecule has 2 saturated heterocycles. The summed E-state index contributed by atoms with van der Waals surface area (Å²) < 4.78 is 6.09. The van der Waals surface area contributed by atoms with Crippen LogP contribution in [0, 0.1) is 5.92 Å². The summed E-state index contributed by atoms with van der Waals surface area (Å²) in [5.41, 5.74) is 6.56. The average Bonchev–Trinajstić information content (AvgIpc) is 2.92. The van der Waals surface area contributed by atoms with E-state index < -0.39 is 0 Å². The first-order valence-corrected chi connectivity index (χ1v) is 8.73. The van der Waals surface area contributed by atoms with Gasteiger partial charge in [-0.2, -0.15) is 0 Å².